The van der Waals surface area contributed by atoms with E-state index in [2.05, 4.69) is 0 Å². The third-order valence-electron chi connectivity index (χ3n) is 1.54. The van der Waals surface area contributed by atoms with E-state index in [1.807, 2.05) is 0 Å². The fraction of sp³-hybridized carbons (Fsp3) is 0.286. The first-order chi connectivity index (χ1) is 6.16. The Kier molecular flexibility index (Phi) is 2.88. The average Bonchev–Trinajstić information content (AvgIpc) is 2.56. The van der Waals surface area contributed by atoms with E-state index in [0.717, 1.165) is 0 Å². The number of anilines is 1. The molecule has 0 saturated heterocycles. The molecule has 0 unspecified atom stereocenters. The van der Waals surface area contributed by atoms with Gasteiger partial charge in [0.15, 0.2) is 6.04 Å². The molecule has 72 valence electrons. The van der Waals surface area contributed by atoms with E-state index in [9.17, 15) is 10.0 Å². The summed E-state index contributed by atoms with van der Waals surface area (Å²) in [5, 5.41) is 18.4. The molecule has 0 amide bonds. The lowest BCUT2D eigenvalue weighted by molar-refractivity contribution is -0.139. The summed E-state index contributed by atoms with van der Waals surface area (Å²) in [5.41, 5.74) is 5.16. The number of furan rings is 1. The molecule has 4 N–H and O–H groups in total. The van der Waals surface area contributed by atoms with Crippen LogP contribution >= 0.6 is 0 Å². The zero-order chi connectivity index (χ0) is 9.84. The van der Waals surface area contributed by atoms with Crippen molar-refractivity contribution in [3.8, 4) is 0 Å². The number of carboxylic acid groups (broad SMARTS) is 1. The fourth-order valence-electron chi connectivity index (χ4n) is 0.859. The molecule has 0 bridgehead atoms. The van der Waals surface area contributed by atoms with Crippen molar-refractivity contribution in [2.24, 2.45) is 5.73 Å². The van der Waals surface area contributed by atoms with E-state index in [4.69, 9.17) is 15.3 Å². The van der Waals surface area contributed by atoms with Crippen molar-refractivity contribution < 1.29 is 19.5 Å². The van der Waals surface area contributed by atoms with Gasteiger partial charge in [-0.15, -0.1) is 0 Å². The molecular formula is C7H10N2O4. The lowest BCUT2D eigenvalue weighted by atomic mass is 10.3. The Morgan fingerprint density at radius 1 is 1.77 bits per heavy atom. The molecule has 0 aromatic carbocycles. The van der Waals surface area contributed by atoms with Gasteiger partial charge in [0.1, 0.15) is 0 Å². The molecule has 0 spiro atoms. The highest BCUT2D eigenvalue weighted by atomic mass is 16.5. The number of aliphatic carboxylic acids is 1. The van der Waals surface area contributed by atoms with Crippen molar-refractivity contribution >= 4 is 11.9 Å². The van der Waals surface area contributed by atoms with Crippen LogP contribution in [-0.4, -0.2) is 28.9 Å². The van der Waals surface area contributed by atoms with Gasteiger partial charge in [0, 0.05) is 12.6 Å². The maximum absolute atomic E-state index is 10.5. The van der Waals surface area contributed by atoms with Crippen molar-refractivity contribution in [1.82, 2.24) is 0 Å². The summed E-state index contributed by atoms with van der Waals surface area (Å²) in [5.74, 6) is -1.15. The Bertz CT molecular complexity index is 272. The standard InChI is InChI=1S/C7H10N2O4/c8-4-5(7(10)11)9(12)6-2-1-3-13-6/h1-3,5,12H,4,8H2,(H,10,11)/t5-/m0/s1. The Labute approximate surface area is 74.1 Å². The van der Waals surface area contributed by atoms with E-state index < -0.39 is 12.0 Å². The second-order valence-corrected chi connectivity index (χ2v) is 2.39. The molecule has 1 heterocycles. The Hall–Kier alpha value is -1.53. The smallest absolute Gasteiger partial charge is 0.330 e. The summed E-state index contributed by atoms with van der Waals surface area (Å²) in [6, 6.07) is 1.78. The van der Waals surface area contributed by atoms with Crippen molar-refractivity contribution in [3.05, 3.63) is 18.4 Å². The number of rotatable bonds is 4. The van der Waals surface area contributed by atoms with Crippen LogP contribution in [0.1, 0.15) is 0 Å². The first kappa shape index (κ1) is 9.56. The summed E-state index contributed by atoms with van der Waals surface area (Å²) in [6.45, 7) is -0.202. The quantitative estimate of drug-likeness (QED) is 0.567. The largest absolute Gasteiger partial charge is 0.480 e. The number of hydroxylamine groups is 1. The maximum Gasteiger partial charge on any atom is 0.330 e. The number of nitrogens with zero attached hydrogens (tertiary/aromatic N) is 1. The van der Waals surface area contributed by atoms with Crippen LogP contribution in [0.5, 0.6) is 0 Å². The highest BCUT2D eigenvalue weighted by molar-refractivity contribution is 5.77. The molecule has 0 aliphatic heterocycles. The summed E-state index contributed by atoms with van der Waals surface area (Å²) in [4.78, 5) is 10.5. The monoisotopic (exact) mass is 186 g/mol. The molecular weight excluding hydrogens is 176 g/mol. The van der Waals surface area contributed by atoms with Crippen LogP contribution in [0.25, 0.3) is 0 Å². The topological polar surface area (TPSA) is 99.9 Å². The molecule has 0 fully saturated rings. The molecule has 13 heavy (non-hydrogen) atoms. The van der Waals surface area contributed by atoms with Crippen LogP contribution in [0, 0.1) is 0 Å². The summed E-state index contributed by atoms with van der Waals surface area (Å²) >= 11 is 0. The number of carboxylic acids is 1. The molecule has 1 rings (SSSR count). The van der Waals surface area contributed by atoms with Gasteiger partial charge in [-0.05, 0) is 6.07 Å². The molecule has 0 saturated carbocycles. The van der Waals surface area contributed by atoms with Crippen LogP contribution in [-0.2, 0) is 4.79 Å². The number of hydrogen-bond donors (Lipinski definition) is 3. The lowest BCUT2D eigenvalue weighted by Gasteiger charge is -2.19. The highest BCUT2D eigenvalue weighted by Crippen LogP contribution is 2.14. The molecule has 0 radical (unpaired) electrons. The van der Waals surface area contributed by atoms with E-state index in [-0.39, 0.29) is 12.4 Å². The summed E-state index contributed by atoms with van der Waals surface area (Å²) in [7, 11) is 0. The van der Waals surface area contributed by atoms with Gasteiger partial charge in [-0.3, -0.25) is 5.21 Å². The molecule has 6 nitrogen and oxygen atoms in total. The number of carbonyl (C=O) groups is 1. The van der Waals surface area contributed by atoms with Crippen LogP contribution in [0.4, 0.5) is 5.88 Å². The second kappa shape index (κ2) is 3.92. The predicted molar refractivity (Wildman–Crippen MR) is 43.5 cm³/mol. The summed E-state index contributed by atoms with van der Waals surface area (Å²) < 4.78 is 4.79. The first-order valence-corrected chi connectivity index (χ1v) is 3.61. The van der Waals surface area contributed by atoms with Crippen molar-refractivity contribution in [1.29, 1.82) is 0 Å². The Morgan fingerprint density at radius 3 is 2.85 bits per heavy atom. The van der Waals surface area contributed by atoms with Crippen LogP contribution in [0.2, 0.25) is 0 Å². The van der Waals surface area contributed by atoms with Gasteiger partial charge in [0.05, 0.1) is 6.26 Å². The maximum atomic E-state index is 10.5. The number of hydrogen-bond acceptors (Lipinski definition) is 5. The third kappa shape index (κ3) is 1.98. The lowest BCUT2D eigenvalue weighted by Crippen LogP contribution is -2.44. The molecule has 6 heteroatoms. The summed E-state index contributed by atoms with van der Waals surface area (Å²) in [6.07, 6.45) is 1.33. The van der Waals surface area contributed by atoms with Gasteiger partial charge in [-0.1, -0.05) is 0 Å². The zero-order valence-electron chi connectivity index (χ0n) is 6.75. The van der Waals surface area contributed by atoms with E-state index in [1.165, 1.54) is 18.4 Å². The van der Waals surface area contributed by atoms with Crippen molar-refractivity contribution in [2.45, 2.75) is 6.04 Å². The predicted octanol–water partition coefficient (Wildman–Crippen LogP) is -0.113. The van der Waals surface area contributed by atoms with E-state index >= 15 is 0 Å². The van der Waals surface area contributed by atoms with Crippen LogP contribution in [0.15, 0.2) is 22.8 Å². The first-order valence-electron chi connectivity index (χ1n) is 3.61. The van der Waals surface area contributed by atoms with Gasteiger partial charge in [0.2, 0.25) is 5.88 Å². The average molecular weight is 186 g/mol. The van der Waals surface area contributed by atoms with Crippen LogP contribution < -0.4 is 10.8 Å². The Morgan fingerprint density at radius 2 is 2.46 bits per heavy atom. The van der Waals surface area contributed by atoms with Gasteiger partial charge >= 0.3 is 5.97 Å². The van der Waals surface area contributed by atoms with E-state index in [1.54, 1.807) is 0 Å². The van der Waals surface area contributed by atoms with E-state index in [0.29, 0.717) is 5.06 Å². The second-order valence-electron chi connectivity index (χ2n) is 2.39. The van der Waals surface area contributed by atoms with Gasteiger partial charge in [0.25, 0.3) is 0 Å². The normalized spacial score (nSPS) is 12.5. The molecule has 0 aliphatic rings. The molecule has 0 aliphatic carbocycles. The van der Waals surface area contributed by atoms with Gasteiger partial charge < -0.3 is 15.3 Å². The minimum absolute atomic E-state index is 0.0536. The fourth-order valence-corrected chi connectivity index (χ4v) is 0.859. The Balaban J connectivity index is 2.76. The van der Waals surface area contributed by atoms with Gasteiger partial charge in [-0.25, -0.2) is 9.86 Å². The van der Waals surface area contributed by atoms with Gasteiger partial charge in [-0.2, -0.15) is 0 Å². The van der Waals surface area contributed by atoms with Crippen molar-refractivity contribution in [2.75, 3.05) is 11.6 Å². The number of nitrogens with two attached hydrogens (primary N) is 1. The minimum atomic E-state index is -1.21. The van der Waals surface area contributed by atoms with Crippen LogP contribution in [0.3, 0.4) is 0 Å². The minimum Gasteiger partial charge on any atom is -0.480 e. The molecule has 1 aromatic heterocycles. The highest BCUT2D eigenvalue weighted by Gasteiger charge is 2.24. The molecule has 1 aromatic rings. The SMILES string of the molecule is NC[C@@H](C(=O)O)N(O)c1ccco1. The zero-order valence-corrected chi connectivity index (χ0v) is 6.75. The molecule has 1 atom stereocenters. The third-order valence-corrected chi connectivity index (χ3v) is 1.54. The van der Waals surface area contributed by atoms with Crippen molar-refractivity contribution in [3.63, 3.8) is 0 Å².